The largest absolute Gasteiger partial charge is 0.491 e. The average molecular weight is 457 g/mol. The molecular weight excluding hydrogens is 431 g/mol. The van der Waals surface area contributed by atoms with Gasteiger partial charge < -0.3 is 34.6 Å². The molecule has 0 aromatic heterocycles. The van der Waals surface area contributed by atoms with Gasteiger partial charge in [-0.2, -0.15) is 0 Å². The van der Waals surface area contributed by atoms with Crippen LogP contribution in [0.3, 0.4) is 0 Å². The van der Waals surface area contributed by atoms with Gasteiger partial charge in [0.15, 0.2) is 11.6 Å². The smallest absolute Gasteiger partial charge is 0.225 e. The van der Waals surface area contributed by atoms with E-state index in [2.05, 4.69) is 0 Å². The Kier molecular flexibility index (Phi) is 5.31. The van der Waals surface area contributed by atoms with Crippen molar-refractivity contribution in [2.45, 2.75) is 43.0 Å². The van der Waals surface area contributed by atoms with E-state index in [4.69, 9.17) is 28.6 Å². The van der Waals surface area contributed by atoms with Gasteiger partial charge in [0.25, 0.3) is 0 Å². The molecular formula is C22H24ClFO7. The summed E-state index contributed by atoms with van der Waals surface area (Å²) in [6, 6.07) is 7.79. The van der Waals surface area contributed by atoms with Crippen LogP contribution in [-0.4, -0.2) is 64.2 Å². The highest BCUT2D eigenvalue weighted by atomic mass is 35.5. The molecule has 2 fully saturated rings. The van der Waals surface area contributed by atoms with Crippen LogP contribution < -0.4 is 4.74 Å². The summed E-state index contributed by atoms with van der Waals surface area (Å²) in [6.07, 6.45) is -7.35. The summed E-state index contributed by atoms with van der Waals surface area (Å²) >= 11 is 6.30. The maximum Gasteiger partial charge on any atom is 0.225 e. The standard InChI is InChI=1S/C22H24ClFO7/c1-2-29-17-6-3-12(8-16(17)24)7-13-9-14(4-5-15(13)23)22-20(28)18(26)19(27)21(10-25,31-22)11-30-22/h3-6,8-9,18-20,25-28H,2,7,10-11H2,1H3/t18-,19-,20+,21-,22-/m0/s1/i7D2. The first kappa shape index (κ1) is 19.9. The molecule has 168 valence electrons. The summed E-state index contributed by atoms with van der Waals surface area (Å²) in [5.74, 6) is -2.73. The SMILES string of the molecule is [2H]C([2H])(c1ccc(OCC)c(F)c1)c1cc([C@]23OC[C@](CO)(O2)[C@@H](O)[C@H](O)[C@H]3O)ccc1Cl. The fourth-order valence-electron chi connectivity index (χ4n) is 3.92. The lowest BCUT2D eigenvalue weighted by Gasteiger charge is -2.46. The molecule has 31 heavy (non-hydrogen) atoms. The van der Waals surface area contributed by atoms with E-state index in [0.717, 1.165) is 6.07 Å². The van der Waals surface area contributed by atoms with Crippen molar-refractivity contribution in [3.8, 4) is 5.75 Å². The van der Waals surface area contributed by atoms with E-state index in [1.807, 2.05) is 0 Å². The summed E-state index contributed by atoms with van der Waals surface area (Å²) in [5, 5.41) is 41.2. The van der Waals surface area contributed by atoms with Crippen molar-refractivity contribution in [3.05, 3.63) is 63.9 Å². The Morgan fingerprint density at radius 3 is 2.68 bits per heavy atom. The third-order valence-corrected chi connectivity index (χ3v) is 5.94. The van der Waals surface area contributed by atoms with E-state index in [1.165, 1.54) is 30.3 Å². The minimum atomic E-state index is -2.28. The number of hydrogen-bond acceptors (Lipinski definition) is 7. The van der Waals surface area contributed by atoms with Crippen molar-refractivity contribution in [2.75, 3.05) is 19.8 Å². The molecule has 0 unspecified atom stereocenters. The maximum absolute atomic E-state index is 14.4. The monoisotopic (exact) mass is 456 g/mol. The van der Waals surface area contributed by atoms with Crippen LogP contribution in [0.1, 0.15) is 26.4 Å². The molecule has 2 heterocycles. The first-order valence-corrected chi connectivity index (χ1v) is 10.1. The Hall–Kier alpha value is -1.78. The predicted octanol–water partition coefficient (Wildman–Crippen LogP) is 1.50. The molecule has 2 aliphatic heterocycles. The Morgan fingerprint density at radius 1 is 1.23 bits per heavy atom. The predicted molar refractivity (Wildman–Crippen MR) is 108 cm³/mol. The Morgan fingerprint density at radius 2 is 2.00 bits per heavy atom. The quantitative estimate of drug-likeness (QED) is 0.521. The van der Waals surface area contributed by atoms with Crippen molar-refractivity contribution in [3.63, 3.8) is 0 Å². The minimum Gasteiger partial charge on any atom is -0.491 e. The Labute approximate surface area is 186 Å². The van der Waals surface area contributed by atoms with Crippen molar-refractivity contribution >= 4 is 11.6 Å². The van der Waals surface area contributed by atoms with Gasteiger partial charge in [0, 0.05) is 13.3 Å². The second-order valence-electron chi connectivity index (χ2n) is 7.56. The zero-order valence-corrected chi connectivity index (χ0v) is 17.3. The van der Waals surface area contributed by atoms with E-state index in [9.17, 15) is 24.8 Å². The van der Waals surface area contributed by atoms with Crippen LogP contribution in [0.4, 0.5) is 4.39 Å². The molecule has 4 N–H and O–H groups in total. The number of hydrogen-bond donors (Lipinski definition) is 4. The number of aliphatic hydroxyl groups excluding tert-OH is 4. The van der Waals surface area contributed by atoms with Gasteiger partial charge in [-0.25, -0.2) is 4.39 Å². The molecule has 2 bridgehead atoms. The van der Waals surface area contributed by atoms with Crippen LogP contribution in [0.2, 0.25) is 5.02 Å². The number of benzene rings is 2. The van der Waals surface area contributed by atoms with Crippen LogP contribution in [0, 0.1) is 5.82 Å². The van der Waals surface area contributed by atoms with Gasteiger partial charge >= 0.3 is 0 Å². The van der Waals surface area contributed by atoms with E-state index in [1.54, 1.807) is 6.92 Å². The first-order chi connectivity index (χ1) is 15.5. The third-order valence-electron chi connectivity index (χ3n) is 5.61. The third kappa shape index (κ3) is 3.62. The molecule has 4 rings (SSSR count). The summed E-state index contributed by atoms with van der Waals surface area (Å²) < 4.78 is 48.4. The van der Waals surface area contributed by atoms with Crippen LogP contribution in [0.15, 0.2) is 36.4 Å². The van der Waals surface area contributed by atoms with Crippen molar-refractivity contribution in [2.24, 2.45) is 0 Å². The molecule has 0 radical (unpaired) electrons. The first-order valence-electron chi connectivity index (χ1n) is 10.7. The highest BCUT2D eigenvalue weighted by Crippen LogP contribution is 2.49. The lowest BCUT2D eigenvalue weighted by molar-refractivity contribution is -0.329. The Balaban J connectivity index is 1.78. The summed E-state index contributed by atoms with van der Waals surface area (Å²) in [4.78, 5) is 0. The maximum atomic E-state index is 14.4. The van der Waals surface area contributed by atoms with Gasteiger partial charge in [-0.1, -0.05) is 23.7 Å². The lowest BCUT2D eigenvalue weighted by Crippen LogP contribution is -2.65. The van der Waals surface area contributed by atoms with E-state index < -0.39 is 48.5 Å². The number of aliphatic hydroxyl groups is 4. The van der Waals surface area contributed by atoms with Crippen molar-refractivity contribution in [1.29, 1.82) is 0 Å². The minimum absolute atomic E-state index is 0.0123. The zero-order valence-electron chi connectivity index (χ0n) is 18.6. The summed E-state index contributed by atoms with van der Waals surface area (Å²) in [5.41, 5.74) is -1.67. The average Bonchev–Trinajstić information content (AvgIpc) is 3.18. The van der Waals surface area contributed by atoms with Gasteiger partial charge in [-0.15, -0.1) is 0 Å². The zero-order chi connectivity index (χ0) is 24.2. The van der Waals surface area contributed by atoms with Crippen LogP contribution in [0.25, 0.3) is 0 Å². The summed E-state index contributed by atoms with van der Waals surface area (Å²) in [7, 11) is 0. The van der Waals surface area contributed by atoms with E-state index in [-0.39, 0.29) is 40.7 Å². The summed E-state index contributed by atoms with van der Waals surface area (Å²) in [6.45, 7) is 0.934. The molecule has 0 aliphatic carbocycles. The van der Waals surface area contributed by atoms with Gasteiger partial charge in [0.05, 0.1) is 19.8 Å². The van der Waals surface area contributed by atoms with Crippen molar-refractivity contribution in [1.82, 2.24) is 0 Å². The lowest BCUT2D eigenvalue weighted by atomic mass is 9.83. The number of halogens is 2. The van der Waals surface area contributed by atoms with Gasteiger partial charge in [0.1, 0.15) is 23.9 Å². The van der Waals surface area contributed by atoms with Crippen LogP contribution in [-0.2, 0) is 21.6 Å². The molecule has 7 nitrogen and oxygen atoms in total. The second kappa shape index (κ2) is 8.29. The molecule has 2 aromatic carbocycles. The van der Waals surface area contributed by atoms with E-state index in [0.29, 0.717) is 0 Å². The fourth-order valence-corrected chi connectivity index (χ4v) is 4.08. The molecule has 2 aromatic rings. The van der Waals surface area contributed by atoms with Crippen LogP contribution >= 0.6 is 11.6 Å². The number of ether oxygens (including phenoxy) is 3. The van der Waals surface area contributed by atoms with Gasteiger partial charge in [-0.05, 0) is 48.7 Å². The topological polar surface area (TPSA) is 109 Å². The molecule has 2 saturated heterocycles. The van der Waals surface area contributed by atoms with Crippen molar-refractivity contribution < 1.29 is 41.8 Å². The molecule has 0 saturated carbocycles. The number of rotatable bonds is 6. The van der Waals surface area contributed by atoms with Crippen LogP contribution in [0.5, 0.6) is 5.75 Å². The Bertz CT molecular complexity index is 1060. The highest BCUT2D eigenvalue weighted by Gasteiger charge is 2.67. The molecule has 5 atom stereocenters. The highest BCUT2D eigenvalue weighted by molar-refractivity contribution is 6.31. The van der Waals surface area contributed by atoms with Gasteiger partial charge in [-0.3, -0.25) is 0 Å². The molecule has 9 heteroatoms. The van der Waals surface area contributed by atoms with E-state index >= 15 is 0 Å². The molecule has 0 spiro atoms. The van der Waals surface area contributed by atoms with Gasteiger partial charge in [0.2, 0.25) is 5.79 Å². The number of fused-ring (bicyclic) bond motifs is 2. The molecule has 0 amide bonds. The fraction of sp³-hybridized carbons (Fsp3) is 0.455. The second-order valence-corrected chi connectivity index (χ2v) is 7.97. The molecule has 2 aliphatic rings. The normalized spacial score (nSPS) is 33.7.